The van der Waals surface area contributed by atoms with Gasteiger partial charge in [0.25, 0.3) is 5.91 Å². The number of rotatable bonds is 5. The summed E-state index contributed by atoms with van der Waals surface area (Å²) in [6.07, 6.45) is 3.19. The Morgan fingerprint density at radius 2 is 1.69 bits per heavy atom. The number of hydrogen-bond acceptors (Lipinski definition) is 3. The molecule has 29 heavy (non-hydrogen) atoms. The summed E-state index contributed by atoms with van der Waals surface area (Å²) in [5.41, 5.74) is 4.78. The van der Waals surface area contributed by atoms with Gasteiger partial charge in [0.2, 0.25) is 5.78 Å². The van der Waals surface area contributed by atoms with Gasteiger partial charge >= 0.3 is 0 Å². The van der Waals surface area contributed by atoms with E-state index < -0.39 is 0 Å². The van der Waals surface area contributed by atoms with Crippen molar-refractivity contribution in [1.82, 2.24) is 9.97 Å². The van der Waals surface area contributed by atoms with E-state index in [1.807, 2.05) is 55.5 Å². The van der Waals surface area contributed by atoms with Crippen molar-refractivity contribution < 1.29 is 9.59 Å². The summed E-state index contributed by atoms with van der Waals surface area (Å²) in [6, 6.07) is 22.1. The van der Waals surface area contributed by atoms with Crippen LogP contribution in [0.25, 0.3) is 17.1 Å². The van der Waals surface area contributed by atoms with E-state index in [1.54, 1.807) is 30.3 Å². The van der Waals surface area contributed by atoms with Gasteiger partial charge in [-0.15, -0.1) is 0 Å². The van der Waals surface area contributed by atoms with E-state index >= 15 is 0 Å². The number of H-pyrrole nitrogens is 1. The molecule has 0 aliphatic rings. The lowest BCUT2D eigenvalue weighted by atomic mass is 10.1. The van der Waals surface area contributed by atoms with E-state index in [9.17, 15) is 9.59 Å². The molecule has 1 aromatic heterocycles. The lowest BCUT2D eigenvalue weighted by Crippen LogP contribution is -2.11. The van der Waals surface area contributed by atoms with Gasteiger partial charge in [0, 0.05) is 11.3 Å². The minimum Gasteiger partial charge on any atom is -0.335 e. The predicted molar refractivity (Wildman–Crippen MR) is 115 cm³/mol. The molecule has 2 N–H and O–H groups in total. The van der Waals surface area contributed by atoms with E-state index in [4.69, 9.17) is 0 Å². The van der Waals surface area contributed by atoms with Gasteiger partial charge in [-0.25, -0.2) is 4.98 Å². The molecule has 1 heterocycles. The second kappa shape index (κ2) is 7.94. The Hall–Kier alpha value is -3.99. The van der Waals surface area contributed by atoms with Crippen LogP contribution in [-0.2, 0) is 0 Å². The average molecular weight is 381 g/mol. The van der Waals surface area contributed by atoms with Crippen molar-refractivity contribution >= 4 is 34.5 Å². The molecule has 4 rings (SSSR count). The van der Waals surface area contributed by atoms with Crippen LogP contribution in [0.2, 0.25) is 0 Å². The van der Waals surface area contributed by atoms with Gasteiger partial charge in [-0.3, -0.25) is 9.59 Å². The van der Waals surface area contributed by atoms with Crippen molar-refractivity contribution in [2.45, 2.75) is 6.92 Å². The van der Waals surface area contributed by atoms with Gasteiger partial charge in [0.1, 0.15) is 0 Å². The molecule has 1 amide bonds. The Morgan fingerprint density at radius 1 is 0.931 bits per heavy atom. The molecular weight excluding hydrogens is 362 g/mol. The Labute approximate surface area is 168 Å². The summed E-state index contributed by atoms with van der Waals surface area (Å²) in [6.45, 7) is 1.96. The van der Waals surface area contributed by atoms with E-state index in [-0.39, 0.29) is 11.7 Å². The second-order valence-corrected chi connectivity index (χ2v) is 6.70. The fourth-order valence-electron chi connectivity index (χ4n) is 3.01. The van der Waals surface area contributed by atoms with Crippen LogP contribution in [0.3, 0.4) is 0 Å². The van der Waals surface area contributed by atoms with Crippen LogP contribution in [-0.4, -0.2) is 21.7 Å². The van der Waals surface area contributed by atoms with Crippen LogP contribution >= 0.6 is 0 Å². The number of aromatic amines is 1. The van der Waals surface area contributed by atoms with Crippen molar-refractivity contribution in [2.75, 3.05) is 5.32 Å². The number of imidazole rings is 1. The third-order valence-corrected chi connectivity index (χ3v) is 4.58. The fraction of sp³-hybridized carbons (Fsp3) is 0.0417. The highest BCUT2D eigenvalue weighted by Gasteiger charge is 2.10. The van der Waals surface area contributed by atoms with E-state index in [0.717, 1.165) is 27.8 Å². The van der Waals surface area contributed by atoms with Crippen LogP contribution < -0.4 is 5.32 Å². The first kappa shape index (κ1) is 18.4. The number of fused-ring (bicyclic) bond motifs is 1. The largest absolute Gasteiger partial charge is 0.335 e. The summed E-state index contributed by atoms with van der Waals surface area (Å²) in [5, 5.41) is 2.84. The predicted octanol–water partition coefficient (Wildman–Crippen LogP) is 5.02. The number of carbonyl (C=O) groups is 2. The number of ketones is 1. The third kappa shape index (κ3) is 4.14. The van der Waals surface area contributed by atoms with E-state index in [1.165, 1.54) is 6.08 Å². The molecule has 0 unspecified atom stereocenters. The quantitative estimate of drug-likeness (QED) is 0.376. The summed E-state index contributed by atoms with van der Waals surface area (Å²) >= 11 is 0. The summed E-state index contributed by atoms with van der Waals surface area (Å²) in [4.78, 5) is 32.2. The van der Waals surface area contributed by atoms with Gasteiger partial charge < -0.3 is 10.3 Å². The van der Waals surface area contributed by atoms with Crippen molar-refractivity contribution in [1.29, 1.82) is 0 Å². The first-order valence-corrected chi connectivity index (χ1v) is 9.24. The highest BCUT2D eigenvalue weighted by Crippen LogP contribution is 2.16. The second-order valence-electron chi connectivity index (χ2n) is 6.70. The highest BCUT2D eigenvalue weighted by atomic mass is 16.1. The van der Waals surface area contributed by atoms with Crippen molar-refractivity contribution in [2.24, 2.45) is 0 Å². The monoisotopic (exact) mass is 381 g/mol. The molecule has 0 spiro atoms. The number of aromatic nitrogens is 2. The lowest BCUT2D eigenvalue weighted by Gasteiger charge is -2.05. The minimum atomic E-state index is -0.202. The van der Waals surface area contributed by atoms with Gasteiger partial charge in [0.15, 0.2) is 5.82 Å². The smallest absolute Gasteiger partial charge is 0.255 e. The molecule has 0 aliphatic heterocycles. The molecule has 5 heteroatoms. The number of carbonyl (C=O) groups excluding carboxylic acids is 2. The number of aryl methyl sites for hydroxylation is 1. The molecule has 0 fully saturated rings. The standard InChI is InChI=1S/C24H19N3O2/c1-16-6-5-9-20-22(16)27-23(26-20)21(28)15-12-17-10-13-18(14-11-17)24(29)25-19-7-3-2-4-8-19/h2-15H,1H3,(H,25,29)(H,26,27). The average Bonchev–Trinajstić information content (AvgIpc) is 3.19. The molecule has 0 aliphatic carbocycles. The first-order chi connectivity index (χ1) is 14.1. The molecule has 0 bridgehead atoms. The zero-order valence-corrected chi connectivity index (χ0v) is 15.8. The normalized spacial score (nSPS) is 11.1. The number of nitrogens with zero attached hydrogens (tertiary/aromatic N) is 1. The van der Waals surface area contributed by atoms with E-state index in [2.05, 4.69) is 15.3 Å². The number of allylic oxidation sites excluding steroid dienone is 1. The highest BCUT2D eigenvalue weighted by molar-refractivity contribution is 6.06. The Kier molecular flexibility index (Phi) is 5.03. The number of hydrogen-bond donors (Lipinski definition) is 2. The number of amides is 1. The molecule has 5 nitrogen and oxygen atoms in total. The SMILES string of the molecule is Cc1cccc2[nH]c(C(=O)C=Cc3ccc(C(=O)Nc4ccccc4)cc3)nc12. The van der Waals surface area contributed by atoms with Gasteiger partial charge in [-0.1, -0.05) is 48.5 Å². The Morgan fingerprint density at radius 3 is 2.41 bits per heavy atom. The van der Waals surface area contributed by atoms with Gasteiger partial charge in [-0.2, -0.15) is 0 Å². The zero-order chi connectivity index (χ0) is 20.2. The molecule has 3 aromatic carbocycles. The molecular formula is C24H19N3O2. The number of nitrogens with one attached hydrogen (secondary N) is 2. The molecule has 142 valence electrons. The maximum Gasteiger partial charge on any atom is 0.255 e. The molecule has 0 saturated carbocycles. The van der Waals surface area contributed by atoms with Crippen molar-refractivity contribution in [3.8, 4) is 0 Å². The zero-order valence-electron chi connectivity index (χ0n) is 15.8. The number of para-hydroxylation sites is 2. The van der Waals surface area contributed by atoms with Crippen LogP contribution in [0.1, 0.15) is 32.1 Å². The summed E-state index contributed by atoms with van der Waals surface area (Å²) in [5.74, 6) is -0.0728. The molecule has 0 saturated heterocycles. The first-order valence-electron chi connectivity index (χ1n) is 9.24. The molecule has 4 aromatic rings. The van der Waals surface area contributed by atoms with Crippen LogP contribution in [0, 0.1) is 6.92 Å². The molecule has 0 radical (unpaired) electrons. The lowest BCUT2D eigenvalue weighted by molar-refractivity contribution is 0.102. The molecule has 0 atom stereocenters. The Balaban J connectivity index is 1.45. The van der Waals surface area contributed by atoms with Crippen molar-refractivity contribution in [3.63, 3.8) is 0 Å². The Bertz CT molecular complexity index is 1210. The number of anilines is 1. The summed E-state index contributed by atoms with van der Waals surface area (Å²) < 4.78 is 0. The fourth-order valence-corrected chi connectivity index (χ4v) is 3.01. The van der Waals surface area contributed by atoms with Gasteiger partial charge in [0.05, 0.1) is 11.0 Å². The summed E-state index contributed by atoms with van der Waals surface area (Å²) in [7, 11) is 0. The minimum absolute atomic E-state index is 0.180. The topological polar surface area (TPSA) is 74.8 Å². The van der Waals surface area contributed by atoms with Crippen LogP contribution in [0.15, 0.2) is 78.9 Å². The van der Waals surface area contributed by atoms with Crippen LogP contribution in [0.4, 0.5) is 5.69 Å². The van der Waals surface area contributed by atoms with Gasteiger partial charge in [-0.05, 0) is 54.5 Å². The number of benzene rings is 3. The third-order valence-electron chi connectivity index (χ3n) is 4.58. The van der Waals surface area contributed by atoms with E-state index in [0.29, 0.717) is 11.4 Å². The maximum atomic E-state index is 12.4. The van der Waals surface area contributed by atoms with Crippen molar-refractivity contribution in [3.05, 3.63) is 101 Å². The maximum absolute atomic E-state index is 12.4. The van der Waals surface area contributed by atoms with Crippen LogP contribution in [0.5, 0.6) is 0 Å².